The van der Waals surface area contributed by atoms with Gasteiger partial charge in [-0.15, -0.1) is 0 Å². The highest BCUT2D eigenvalue weighted by Gasteiger charge is 2.27. The van der Waals surface area contributed by atoms with E-state index in [1.54, 1.807) is 13.8 Å². The van der Waals surface area contributed by atoms with Crippen LogP contribution in [0.5, 0.6) is 0 Å². The first-order valence-corrected chi connectivity index (χ1v) is 4.46. The van der Waals surface area contributed by atoms with Gasteiger partial charge in [-0.3, -0.25) is 4.79 Å². The summed E-state index contributed by atoms with van der Waals surface area (Å²) < 4.78 is 4.35. The van der Waals surface area contributed by atoms with Crippen LogP contribution >= 0.6 is 0 Å². The van der Waals surface area contributed by atoms with E-state index in [4.69, 9.17) is 0 Å². The molecule has 5 heteroatoms. The van der Waals surface area contributed by atoms with Crippen molar-refractivity contribution in [2.24, 2.45) is 5.92 Å². The molecule has 14 heavy (non-hydrogen) atoms. The Hall–Kier alpha value is -1.10. The van der Waals surface area contributed by atoms with Crippen molar-refractivity contribution in [1.29, 1.82) is 0 Å². The van der Waals surface area contributed by atoms with E-state index in [0.717, 1.165) is 0 Å². The quantitative estimate of drug-likeness (QED) is 0.689. The minimum atomic E-state index is -0.927. The third-order valence-corrected chi connectivity index (χ3v) is 1.82. The number of nitrogens with one attached hydrogen (secondary N) is 1. The van der Waals surface area contributed by atoms with Gasteiger partial charge >= 0.3 is 6.09 Å². The van der Waals surface area contributed by atoms with Crippen molar-refractivity contribution < 1.29 is 19.4 Å². The van der Waals surface area contributed by atoms with Gasteiger partial charge in [0.15, 0.2) is 5.78 Å². The van der Waals surface area contributed by atoms with Gasteiger partial charge in [-0.1, -0.05) is 13.8 Å². The van der Waals surface area contributed by atoms with Crippen LogP contribution in [0.3, 0.4) is 0 Å². The maximum Gasteiger partial charge on any atom is 0.407 e. The van der Waals surface area contributed by atoms with Crippen LogP contribution < -0.4 is 5.32 Å². The van der Waals surface area contributed by atoms with Crippen LogP contribution in [0.25, 0.3) is 0 Å². The van der Waals surface area contributed by atoms with Crippen LogP contribution in [0.15, 0.2) is 0 Å². The highest BCUT2D eigenvalue weighted by molar-refractivity contribution is 5.89. The predicted molar refractivity (Wildman–Crippen MR) is 50.9 cm³/mol. The molecule has 0 aromatic carbocycles. The summed E-state index contributed by atoms with van der Waals surface area (Å²) in [5.41, 5.74) is 0. The fourth-order valence-corrected chi connectivity index (χ4v) is 0.974. The number of carbonyl (C=O) groups excluding carboxylic acids is 2. The summed E-state index contributed by atoms with van der Waals surface area (Å²) in [7, 11) is 1.20. The van der Waals surface area contributed by atoms with E-state index in [-0.39, 0.29) is 11.7 Å². The van der Waals surface area contributed by atoms with E-state index >= 15 is 0 Å². The van der Waals surface area contributed by atoms with Crippen molar-refractivity contribution >= 4 is 11.9 Å². The molecule has 0 spiro atoms. The molecule has 2 atom stereocenters. The number of amides is 1. The number of ketones is 1. The Bertz CT molecular complexity index is 213. The van der Waals surface area contributed by atoms with Gasteiger partial charge < -0.3 is 15.2 Å². The van der Waals surface area contributed by atoms with Crippen LogP contribution in [-0.2, 0) is 9.53 Å². The second-order valence-electron chi connectivity index (χ2n) is 3.41. The molecule has 5 nitrogen and oxygen atoms in total. The Kier molecular flexibility index (Phi) is 5.15. The number of hydrogen-bond acceptors (Lipinski definition) is 4. The number of Topliss-reactive ketones (excluding diaryl/α,β-unsaturated/α-hetero) is 1. The van der Waals surface area contributed by atoms with Gasteiger partial charge in [-0.25, -0.2) is 4.79 Å². The first-order valence-electron chi connectivity index (χ1n) is 4.46. The Morgan fingerprint density at radius 3 is 2.07 bits per heavy atom. The first kappa shape index (κ1) is 12.9. The molecule has 0 aliphatic heterocycles. The molecular weight excluding hydrogens is 186 g/mol. The summed E-state index contributed by atoms with van der Waals surface area (Å²) in [6.07, 6.45) is -1.64. The van der Waals surface area contributed by atoms with Gasteiger partial charge in [0.2, 0.25) is 0 Å². The Morgan fingerprint density at radius 1 is 1.29 bits per heavy atom. The maximum absolute atomic E-state index is 11.5. The van der Waals surface area contributed by atoms with Crippen LogP contribution in [0.4, 0.5) is 4.79 Å². The van der Waals surface area contributed by atoms with Crippen molar-refractivity contribution in [3.8, 4) is 0 Å². The second-order valence-corrected chi connectivity index (χ2v) is 3.41. The third kappa shape index (κ3) is 3.74. The highest BCUT2D eigenvalue weighted by atomic mass is 16.5. The Labute approximate surface area is 83.4 Å². The monoisotopic (exact) mass is 203 g/mol. The van der Waals surface area contributed by atoms with Crippen LogP contribution in [0.2, 0.25) is 0 Å². The number of carbonyl (C=O) groups is 2. The summed E-state index contributed by atoms with van der Waals surface area (Å²) in [6.45, 7) is 4.86. The lowest BCUT2D eigenvalue weighted by molar-refractivity contribution is -0.126. The highest BCUT2D eigenvalue weighted by Crippen LogP contribution is 2.04. The molecule has 2 N–H and O–H groups in total. The number of hydrogen-bond donors (Lipinski definition) is 2. The minimum absolute atomic E-state index is 0.217. The van der Waals surface area contributed by atoms with Crippen LogP contribution in [0.1, 0.15) is 20.8 Å². The van der Waals surface area contributed by atoms with E-state index in [9.17, 15) is 14.7 Å². The summed E-state index contributed by atoms with van der Waals surface area (Å²) in [5, 5.41) is 11.6. The first-order chi connectivity index (χ1) is 6.40. The van der Waals surface area contributed by atoms with Crippen molar-refractivity contribution in [1.82, 2.24) is 5.32 Å². The van der Waals surface area contributed by atoms with Gasteiger partial charge in [0.25, 0.3) is 0 Å². The lowest BCUT2D eigenvalue weighted by atomic mass is 9.98. The molecule has 0 aromatic heterocycles. The van der Waals surface area contributed by atoms with Crippen LogP contribution in [-0.4, -0.2) is 36.2 Å². The SMILES string of the molecule is COC(=O)NC(C(=O)C(C)C)C(C)O. The van der Waals surface area contributed by atoms with E-state index in [2.05, 4.69) is 10.1 Å². The second kappa shape index (κ2) is 5.59. The van der Waals surface area contributed by atoms with Crippen LogP contribution in [0, 0.1) is 5.92 Å². The fourth-order valence-electron chi connectivity index (χ4n) is 0.974. The van der Waals surface area contributed by atoms with E-state index in [1.165, 1.54) is 14.0 Å². The smallest absolute Gasteiger partial charge is 0.407 e. The molecule has 0 saturated heterocycles. The number of methoxy groups -OCH3 is 1. The minimum Gasteiger partial charge on any atom is -0.453 e. The molecule has 2 unspecified atom stereocenters. The molecule has 0 rings (SSSR count). The molecule has 0 fully saturated rings. The number of alkyl carbamates (subject to hydrolysis) is 1. The topological polar surface area (TPSA) is 75.6 Å². The zero-order valence-corrected chi connectivity index (χ0v) is 8.90. The van der Waals surface area contributed by atoms with Crippen molar-refractivity contribution in [3.63, 3.8) is 0 Å². The molecular formula is C9H17NO4. The molecule has 0 bridgehead atoms. The summed E-state index contributed by atoms with van der Waals surface area (Å²) in [5.74, 6) is -0.461. The Morgan fingerprint density at radius 2 is 1.79 bits per heavy atom. The van der Waals surface area contributed by atoms with Gasteiger partial charge in [0.05, 0.1) is 13.2 Å². The molecule has 0 aromatic rings. The summed E-state index contributed by atoms with van der Waals surface area (Å²) >= 11 is 0. The largest absolute Gasteiger partial charge is 0.453 e. The zero-order chi connectivity index (χ0) is 11.3. The summed E-state index contributed by atoms with van der Waals surface area (Å²) in [6, 6.07) is -0.901. The maximum atomic E-state index is 11.5. The molecule has 0 aliphatic carbocycles. The van der Waals surface area contributed by atoms with Crippen molar-refractivity contribution in [2.45, 2.75) is 32.9 Å². The fraction of sp³-hybridized carbons (Fsp3) is 0.778. The number of ether oxygens (including phenoxy) is 1. The zero-order valence-electron chi connectivity index (χ0n) is 8.90. The number of rotatable bonds is 4. The van der Waals surface area contributed by atoms with Gasteiger partial charge in [0.1, 0.15) is 6.04 Å². The predicted octanol–water partition coefficient (Wildman–Crippen LogP) is 0.317. The molecule has 0 saturated carbocycles. The normalized spacial score (nSPS) is 14.7. The van der Waals surface area contributed by atoms with Gasteiger partial charge in [0, 0.05) is 5.92 Å². The average Bonchev–Trinajstić information content (AvgIpc) is 2.11. The number of aliphatic hydroxyl groups excluding tert-OH is 1. The lowest BCUT2D eigenvalue weighted by Crippen LogP contribution is -2.49. The third-order valence-electron chi connectivity index (χ3n) is 1.82. The molecule has 0 aliphatic rings. The molecule has 1 amide bonds. The van der Waals surface area contributed by atoms with E-state index in [1.807, 2.05) is 0 Å². The van der Waals surface area contributed by atoms with Gasteiger partial charge in [-0.2, -0.15) is 0 Å². The molecule has 0 heterocycles. The standard InChI is InChI=1S/C9H17NO4/c1-5(2)8(12)7(6(3)11)10-9(13)14-4/h5-7,11H,1-4H3,(H,10,13). The van der Waals surface area contributed by atoms with Crippen molar-refractivity contribution in [3.05, 3.63) is 0 Å². The lowest BCUT2D eigenvalue weighted by Gasteiger charge is -2.21. The molecule has 0 radical (unpaired) electrons. The number of aliphatic hydroxyl groups is 1. The molecule has 82 valence electrons. The van der Waals surface area contributed by atoms with E-state index < -0.39 is 18.2 Å². The summed E-state index contributed by atoms with van der Waals surface area (Å²) in [4.78, 5) is 22.4. The van der Waals surface area contributed by atoms with Gasteiger partial charge in [-0.05, 0) is 6.92 Å². The van der Waals surface area contributed by atoms with Crippen molar-refractivity contribution in [2.75, 3.05) is 7.11 Å². The Balaban J connectivity index is 4.45. The van der Waals surface area contributed by atoms with E-state index in [0.29, 0.717) is 0 Å². The average molecular weight is 203 g/mol.